The molecule has 1 unspecified atom stereocenters. The van der Waals surface area contributed by atoms with Crippen molar-refractivity contribution in [2.45, 2.75) is 32.4 Å². The molecule has 0 aliphatic heterocycles. The summed E-state index contributed by atoms with van der Waals surface area (Å²) in [5, 5.41) is 0.714. The molecule has 0 aliphatic carbocycles. The molecule has 4 heteroatoms. The van der Waals surface area contributed by atoms with Crippen LogP contribution < -0.4 is 10.5 Å². The van der Waals surface area contributed by atoms with E-state index in [1.807, 2.05) is 36.4 Å². The number of halogens is 1. The summed E-state index contributed by atoms with van der Waals surface area (Å²) in [5.41, 5.74) is 7.86. The van der Waals surface area contributed by atoms with Crippen LogP contribution >= 0.6 is 11.6 Å². The Bertz CT molecular complexity index is 542. The lowest BCUT2D eigenvalue weighted by molar-refractivity contribution is 0.305. The lowest BCUT2D eigenvalue weighted by Gasteiger charge is -2.10. The average Bonchev–Trinajstić information content (AvgIpc) is 2.48. The lowest BCUT2D eigenvalue weighted by Crippen LogP contribution is -2.21. The van der Waals surface area contributed by atoms with Crippen LogP contribution in [0.1, 0.15) is 24.6 Å². The van der Waals surface area contributed by atoms with Gasteiger partial charge in [0.1, 0.15) is 12.4 Å². The van der Waals surface area contributed by atoms with Crippen LogP contribution in [0, 0.1) is 0 Å². The van der Waals surface area contributed by atoms with Crippen molar-refractivity contribution < 1.29 is 4.74 Å². The van der Waals surface area contributed by atoms with Gasteiger partial charge < -0.3 is 10.5 Å². The fourth-order valence-electron chi connectivity index (χ4n) is 1.81. The van der Waals surface area contributed by atoms with Gasteiger partial charge in [0.25, 0.3) is 0 Å². The van der Waals surface area contributed by atoms with Crippen LogP contribution in [0.25, 0.3) is 0 Å². The summed E-state index contributed by atoms with van der Waals surface area (Å²) in [7, 11) is 0. The summed E-state index contributed by atoms with van der Waals surface area (Å²) in [6.07, 6.45) is 3.47. The second kappa shape index (κ2) is 7.27. The monoisotopic (exact) mass is 290 g/mol. The van der Waals surface area contributed by atoms with Gasteiger partial charge in [-0.2, -0.15) is 0 Å². The van der Waals surface area contributed by atoms with Crippen molar-refractivity contribution in [2.24, 2.45) is 5.73 Å². The van der Waals surface area contributed by atoms with E-state index in [1.54, 1.807) is 6.20 Å². The maximum absolute atomic E-state index is 6.08. The quantitative estimate of drug-likeness (QED) is 0.884. The summed E-state index contributed by atoms with van der Waals surface area (Å²) in [4.78, 5) is 4.36. The Hall–Kier alpha value is -1.58. The first kappa shape index (κ1) is 14.8. The van der Waals surface area contributed by atoms with Gasteiger partial charge in [-0.3, -0.25) is 4.98 Å². The molecule has 1 heterocycles. The summed E-state index contributed by atoms with van der Waals surface area (Å²) in [6.45, 7) is 2.51. The van der Waals surface area contributed by atoms with Crippen LogP contribution in [0.5, 0.6) is 5.75 Å². The van der Waals surface area contributed by atoms with Crippen molar-refractivity contribution in [3.63, 3.8) is 0 Å². The minimum atomic E-state index is 0.164. The second-order valence-electron chi connectivity index (χ2n) is 4.74. The Morgan fingerprint density at radius 2 is 2.05 bits per heavy atom. The van der Waals surface area contributed by atoms with Gasteiger partial charge in [-0.1, -0.05) is 36.7 Å². The van der Waals surface area contributed by atoms with Gasteiger partial charge in [-0.15, -0.1) is 0 Å². The number of nitrogens with two attached hydrogens (primary N) is 1. The highest BCUT2D eigenvalue weighted by Gasteiger charge is 2.04. The number of ether oxygens (including phenoxy) is 1. The Balaban J connectivity index is 1.92. The fraction of sp³-hybridized carbons (Fsp3) is 0.312. The van der Waals surface area contributed by atoms with Crippen molar-refractivity contribution >= 4 is 11.6 Å². The number of hydrogen-bond acceptors (Lipinski definition) is 3. The molecule has 0 bridgehead atoms. The van der Waals surface area contributed by atoms with Crippen molar-refractivity contribution in [1.82, 2.24) is 4.98 Å². The molecule has 1 aromatic carbocycles. The lowest BCUT2D eigenvalue weighted by atomic mass is 10.1. The molecule has 3 nitrogen and oxygen atoms in total. The Morgan fingerprint density at radius 1 is 1.25 bits per heavy atom. The SMILES string of the molecule is CCC(N)Cc1ccc(OCc2ccccc2Cl)cn1. The molecule has 0 spiro atoms. The van der Waals surface area contributed by atoms with Gasteiger partial charge in [-0.05, 0) is 24.6 Å². The van der Waals surface area contributed by atoms with Crippen LogP contribution in [0.2, 0.25) is 5.02 Å². The van der Waals surface area contributed by atoms with Gasteiger partial charge in [0.2, 0.25) is 0 Å². The molecule has 106 valence electrons. The van der Waals surface area contributed by atoms with E-state index in [9.17, 15) is 0 Å². The van der Waals surface area contributed by atoms with Gasteiger partial charge >= 0.3 is 0 Å². The Labute approximate surface area is 124 Å². The third-order valence-electron chi connectivity index (χ3n) is 3.15. The van der Waals surface area contributed by atoms with E-state index in [0.717, 1.165) is 29.8 Å². The number of benzene rings is 1. The molecule has 2 aromatic rings. The molecule has 0 aliphatic rings. The molecular weight excluding hydrogens is 272 g/mol. The number of hydrogen-bond donors (Lipinski definition) is 1. The number of rotatable bonds is 6. The maximum atomic E-state index is 6.08. The molecule has 20 heavy (non-hydrogen) atoms. The molecule has 1 atom stereocenters. The Morgan fingerprint density at radius 3 is 2.70 bits per heavy atom. The molecule has 0 saturated heterocycles. The third kappa shape index (κ3) is 4.22. The third-order valence-corrected chi connectivity index (χ3v) is 3.51. The van der Waals surface area contributed by atoms with Crippen LogP contribution in [-0.4, -0.2) is 11.0 Å². The minimum absolute atomic E-state index is 0.164. The van der Waals surface area contributed by atoms with E-state index < -0.39 is 0 Å². The summed E-state index contributed by atoms with van der Waals surface area (Å²) in [5.74, 6) is 0.735. The number of aromatic nitrogens is 1. The normalized spacial score (nSPS) is 12.2. The molecule has 0 radical (unpaired) electrons. The van der Waals surface area contributed by atoms with E-state index in [1.165, 1.54) is 0 Å². The van der Waals surface area contributed by atoms with Crippen molar-refractivity contribution in [3.05, 3.63) is 58.9 Å². The molecule has 0 saturated carbocycles. The highest BCUT2D eigenvalue weighted by molar-refractivity contribution is 6.31. The highest BCUT2D eigenvalue weighted by atomic mass is 35.5. The fourth-order valence-corrected chi connectivity index (χ4v) is 2.00. The first-order chi connectivity index (χ1) is 9.69. The van der Waals surface area contributed by atoms with E-state index >= 15 is 0 Å². The first-order valence-corrected chi connectivity index (χ1v) is 7.13. The van der Waals surface area contributed by atoms with Gasteiger partial charge in [-0.25, -0.2) is 0 Å². The predicted molar refractivity (Wildman–Crippen MR) is 82.0 cm³/mol. The summed E-state index contributed by atoms with van der Waals surface area (Å²) in [6, 6.07) is 11.7. The van der Waals surface area contributed by atoms with Crippen molar-refractivity contribution in [1.29, 1.82) is 0 Å². The zero-order valence-electron chi connectivity index (χ0n) is 11.6. The molecule has 0 fully saturated rings. The molecule has 0 amide bonds. The molecule has 2 N–H and O–H groups in total. The summed E-state index contributed by atoms with van der Waals surface area (Å²) < 4.78 is 5.68. The van der Waals surface area contributed by atoms with Gasteiger partial charge in [0, 0.05) is 28.7 Å². The zero-order chi connectivity index (χ0) is 14.4. The van der Waals surface area contributed by atoms with E-state index in [-0.39, 0.29) is 6.04 Å². The smallest absolute Gasteiger partial charge is 0.138 e. The van der Waals surface area contributed by atoms with E-state index in [0.29, 0.717) is 11.6 Å². The largest absolute Gasteiger partial charge is 0.487 e. The number of nitrogens with zero attached hydrogens (tertiary/aromatic N) is 1. The second-order valence-corrected chi connectivity index (χ2v) is 5.14. The van der Waals surface area contributed by atoms with Crippen LogP contribution in [-0.2, 0) is 13.0 Å². The highest BCUT2D eigenvalue weighted by Crippen LogP contribution is 2.18. The van der Waals surface area contributed by atoms with Crippen LogP contribution in [0.3, 0.4) is 0 Å². The first-order valence-electron chi connectivity index (χ1n) is 6.75. The van der Waals surface area contributed by atoms with Crippen LogP contribution in [0.15, 0.2) is 42.6 Å². The minimum Gasteiger partial charge on any atom is -0.487 e. The zero-order valence-corrected chi connectivity index (χ0v) is 12.3. The van der Waals surface area contributed by atoms with Crippen molar-refractivity contribution in [3.8, 4) is 5.75 Å². The van der Waals surface area contributed by atoms with E-state index in [4.69, 9.17) is 22.1 Å². The van der Waals surface area contributed by atoms with Crippen molar-refractivity contribution in [2.75, 3.05) is 0 Å². The molecule has 2 rings (SSSR count). The average molecular weight is 291 g/mol. The van der Waals surface area contributed by atoms with Gasteiger partial charge in [0.15, 0.2) is 0 Å². The van der Waals surface area contributed by atoms with E-state index in [2.05, 4.69) is 11.9 Å². The molecule has 1 aromatic heterocycles. The summed E-state index contributed by atoms with van der Waals surface area (Å²) >= 11 is 6.08. The topological polar surface area (TPSA) is 48.1 Å². The van der Waals surface area contributed by atoms with Crippen LogP contribution in [0.4, 0.5) is 0 Å². The number of pyridine rings is 1. The standard InChI is InChI=1S/C16H19ClN2O/c1-2-13(18)9-14-7-8-15(10-19-14)20-11-12-5-3-4-6-16(12)17/h3-8,10,13H,2,9,11,18H2,1H3. The van der Waals surface area contributed by atoms with Gasteiger partial charge in [0.05, 0.1) is 6.20 Å². The maximum Gasteiger partial charge on any atom is 0.138 e. The molecular formula is C16H19ClN2O. The Kier molecular flexibility index (Phi) is 5.39. The predicted octanol–water partition coefficient (Wildman–Crippen LogP) is 3.59.